The smallest absolute Gasteiger partial charge is 0.270 e. The summed E-state index contributed by atoms with van der Waals surface area (Å²) in [5.41, 5.74) is 2.75. The third kappa shape index (κ3) is 2.51. The molecule has 2 aromatic carbocycles. The summed E-state index contributed by atoms with van der Waals surface area (Å²) in [5, 5.41) is 1.06. The zero-order chi connectivity index (χ0) is 17.5. The number of aromatic nitrogens is 1. The molecule has 0 bridgehead atoms. The summed E-state index contributed by atoms with van der Waals surface area (Å²) < 4.78 is 11.3. The van der Waals surface area contributed by atoms with E-state index in [1.807, 2.05) is 47.4 Å². The normalized spacial score (nSPS) is 19.1. The number of carbonyl (C=O) groups excluding carboxylic acids is 1. The van der Waals surface area contributed by atoms with E-state index in [-0.39, 0.29) is 11.9 Å². The molecule has 0 unspecified atom stereocenters. The monoisotopic (exact) mass is 348 g/mol. The first-order valence-electron chi connectivity index (χ1n) is 9.08. The van der Waals surface area contributed by atoms with Gasteiger partial charge in [-0.3, -0.25) is 4.79 Å². The maximum atomic E-state index is 13.1. The van der Waals surface area contributed by atoms with Crippen LogP contribution in [-0.4, -0.2) is 35.5 Å². The van der Waals surface area contributed by atoms with E-state index in [1.54, 1.807) is 0 Å². The Morgan fingerprint density at radius 3 is 2.77 bits per heavy atom. The number of aromatic amines is 1. The molecular formula is C21H20N2O3. The highest BCUT2D eigenvalue weighted by Crippen LogP contribution is 2.38. The topological polar surface area (TPSA) is 54.6 Å². The second-order valence-electron chi connectivity index (χ2n) is 6.83. The molecule has 0 spiro atoms. The Hall–Kier alpha value is -2.95. The highest BCUT2D eigenvalue weighted by atomic mass is 16.6. The van der Waals surface area contributed by atoms with E-state index >= 15 is 0 Å². The molecule has 5 rings (SSSR count). The molecule has 2 aliphatic rings. The Balaban J connectivity index is 1.45. The minimum Gasteiger partial charge on any atom is -0.486 e. The van der Waals surface area contributed by atoms with Crippen LogP contribution in [0.5, 0.6) is 11.5 Å². The minimum atomic E-state index is 0.0542. The number of fused-ring (bicyclic) bond motifs is 2. The van der Waals surface area contributed by atoms with Crippen molar-refractivity contribution in [1.82, 2.24) is 9.88 Å². The molecule has 3 heterocycles. The number of rotatable bonds is 2. The number of carbonyl (C=O) groups is 1. The second kappa shape index (κ2) is 6.09. The minimum absolute atomic E-state index is 0.0542. The van der Waals surface area contributed by atoms with Crippen molar-refractivity contribution in [2.24, 2.45) is 0 Å². The molecule has 1 atom stereocenters. The molecular weight excluding hydrogens is 328 g/mol. The van der Waals surface area contributed by atoms with Crippen LogP contribution in [0, 0.1) is 0 Å². The van der Waals surface area contributed by atoms with Crippen molar-refractivity contribution in [3.63, 3.8) is 0 Å². The lowest BCUT2D eigenvalue weighted by molar-refractivity contribution is 0.0730. The van der Waals surface area contributed by atoms with E-state index in [0.717, 1.165) is 47.4 Å². The van der Waals surface area contributed by atoms with Gasteiger partial charge >= 0.3 is 0 Å². The summed E-state index contributed by atoms with van der Waals surface area (Å²) in [4.78, 5) is 18.4. The van der Waals surface area contributed by atoms with Gasteiger partial charge in [-0.1, -0.05) is 24.3 Å². The third-order valence-corrected chi connectivity index (χ3v) is 5.23. The van der Waals surface area contributed by atoms with Crippen LogP contribution in [0.3, 0.4) is 0 Å². The number of hydrogen-bond donors (Lipinski definition) is 1. The van der Waals surface area contributed by atoms with Crippen molar-refractivity contribution in [1.29, 1.82) is 0 Å². The number of nitrogens with one attached hydrogen (secondary N) is 1. The van der Waals surface area contributed by atoms with Crippen LogP contribution in [0.15, 0.2) is 48.5 Å². The molecule has 132 valence electrons. The van der Waals surface area contributed by atoms with Crippen molar-refractivity contribution in [2.75, 3.05) is 19.8 Å². The Labute approximate surface area is 151 Å². The molecule has 2 aliphatic heterocycles. The largest absolute Gasteiger partial charge is 0.486 e. The molecule has 1 aromatic heterocycles. The molecule has 3 aromatic rings. The number of ether oxygens (including phenoxy) is 2. The lowest BCUT2D eigenvalue weighted by Gasteiger charge is -2.26. The van der Waals surface area contributed by atoms with Crippen LogP contribution in [0.1, 0.15) is 34.9 Å². The molecule has 1 amide bonds. The van der Waals surface area contributed by atoms with Gasteiger partial charge in [-0.2, -0.15) is 0 Å². The quantitative estimate of drug-likeness (QED) is 0.764. The van der Waals surface area contributed by atoms with E-state index in [0.29, 0.717) is 18.9 Å². The average Bonchev–Trinajstić information content (AvgIpc) is 3.34. The highest BCUT2D eigenvalue weighted by molar-refractivity contribution is 5.98. The molecule has 5 nitrogen and oxygen atoms in total. The fourth-order valence-electron chi connectivity index (χ4n) is 3.97. The van der Waals surface area contributed by atoms with Crippen molar-refractivity contribution < 1.29 is 14.3 Å². The Kier molecular flexibility index (Phi) is 3.59. The second-order valence-corrected chi connectivity index (χ2v) is 6.83. The van der Waals surface area contributed by atoms with Gasteiger partial charge in [-0.05, 0) is 42.7 Å². The van der Waals surface area contributed by atoms with E-state index < -0.39 is 0 Å². The molecule has 0 radical (unpaired) electrons. The number of nitrogens with zero attached hydrogens (tertiary/aromatic N) is 1. The third-order valence-electron chi connectivity index (χ3n) is 5.23. The van der Waals surface area contributed by atoms with Gasteiger partial charge in [-0.25, -0.2) is 0 Å². The maximum Gasteiger partial charge on any atom is 0.270 e. The van der Waals surface area contributed by atoms with E-state index in [9.17, 15) is 4.79 Å². The maximum absolute atomic E-state index is 13.1. The summed E-state index contributed by atoms with van der Waals surface area (Å²) in [6.07, 6.45) is 1.97. The first-order chi connectivity index (χ1) is 12.8. The predicted molar refractivity (Wildman–Crippen MR) is 98.7 cm³/mol. The predicted octanol–water partition coefficient (Wildman–Crippen LogP) is 3.92. The highest BCUT2D eigenvalue weighted by Gasteiger charge is 2.32. The molecule has 26 heavy (non-hydrogen) atoms. The average molecular weight is 348 g/mol. The number of benzene rings is 2. The van der Waals surface area contributed by atoms with Crippen molar-refractivity contribution in [3.8, 4) is 11.5 Å². The van der Waals surface area contributed by atoms with Gasteiger partial charge in [0.25, 0.3) is 5.91 Å². The van der Waals surface area contributed by atoms with Crippen LogP contribution in [-0.2, 0) is 0 Å². The fourth-order valence-corrected chi connectivity index (χ4v) is 3.97. The van der Waals surface area contributed by atoms with Crippen LogP contribution < -0.4 is 9.47 Å². The van der Waals surface area contributed by atoms with Gasteiger partial charge in [-0.15, -0.1) is 0 Å². The summed E-state index contributed by atoms with van der Waals surface area (Å²) >= 11 is 0. The lowest BCUT2D eigenvalue weighted by atomic mass is 10.0. The van der Waals surface area contributed by atoms with Crippen molar-refractivity contribution >= 4 is 16.8 Å². The van der Waals surface area contributed by atoms with Gasteiger partial charge in [0.2, 0.25) is 0 Å². The van der Waals surface area contributed by atoms with E-state index in [2.05, 4.69) is 11.1 Å². The van der Waals surface area contributed by atoms with Crippen LogP contribution in [0.2, 0.25) is 0 Å². The first-order valence-corrected chi connectivity index (χ1v) is 9.08. The van der Waals surface area contributed by atoms with Gasteiger partial charge in [0.15, 0.2) is 11.5 Å². The SMILES string of the molecule is O=C(c1cc2ccccc2[nH]1)N1CCC[C@@H]1c1ccc2c(c1)OCCO2. The van der Waals surface area contributed by atoms with E-state index in [1.165, 1.54) is 0 Å². The van der Waals surface area contributed by atoms with Gasteiger partial charge < -0.3 is 19.4 Å². The van der Waals surface area contributed by atoms with Crippen LogP contribution in [0.25, 0.3) is 10.9 Å². The van der Waals surface area contributed by atoms with Crippen molar-refractivity contribution in [2.45, 2.75) is 18.9 Å². The summed E-state index contributed by atoms with van der Waals surface area (Å²) in [6.45, 7) is 1.92. The summed E-state index contributed by atoms with van der Waals surface area (Å²) in [6, 6.07) is 16.0. The van der Waals surface area contributed by atoms with E-state index in [4.69, 9.17) is 9.47 Å². The fraction of sp³-hybridized carbons (Fsp3) is 0.286. The standard InChI is InChI=1S/C21H20N2O3/c24-21(17-12-14-4-1-2-5-16(14)22-17)23-9-3-6-18(23)15-7-8-19-20(13-15)26-11-10-25-19/h1-2,4-5,7-8,12-13,18,22H,3,6,9-11H2/t18-/m1/s1. The lowest BCUT2D eigenvalue weighted by Crippen LogP contribution is -2.30. The van der Waals surface area contributed by atoms with Crippen molar-refractivity contribution in [3.05, 3.63) is 59.8 Å². The number of likely N-dealkylation sites (tertiary alicyclic amines) is 1. The summed E-state index contributed by atoms with van der Waals surface area (Å²) in [5.74, 6) is 1.61. The zero-order valence-electron chi connectivity index (χ0n) is 14.4. The Morgan fingerprint density at radius 2 is 1.88 bits per heavy atom. The van der Waals surface area contributed by atoms with Gasteiger partial charge in [0.05, 0.1) is 6.04 Å². The molecule has 0 saturated carbocycles. The van der Waals surface area contributed by atoms with Gasteiger partial charge in [0, 0.05) is 17.4 Å². The zero-order valence-corrected chi connectivity index (χ0v) is 14.4. The molecule has 1 N–H and O–H groups in total. The van der Waals surface area contributed by atoms with Gasteiger partial charge in [0.1, 0.15) is 18.9 Å². The molecule has 0 aliphatic carbocycles. The summed E-state index contributed by atoms with van der Waals surface area (Å²) in [7, 11) is 0. The molecule has 5 heteroatoms. The van der Waals surface area contributed by atoms with Crippen LogP contribution in [0.4, 0.5) is 0 Å². The first kappa shape index (κ1) is 15.3. The number of H-pyrrole nitrogens is 1. The number of hydrogen-bond acceptors (Lipinski definition) is 3. The molecule has 1 saturated heterocycles. The molecule has 1 fully saturated rings. The number of para-hydroxylation sites is 1. The Bertz CT molecular complexity index is 945. The van der Waals surface area contributed by atoms with Crippen LogP contribution >= 0.6 is 0 Å². The Morgan fingerprint density at radius 1 is 1.04 bits per heavy atom. The number of amides is 1.